The number of piperidine rings is 1. The molecule has 0 radical (unpaired) electrons. The Hall–Kier alpha value is -1.07. The van der Waals surface area contributed by atoms with Gasteiger partial charge in [0.1, 0.15) is 5.84 Å². The van der Waals surface area contributed by atoms with Crippen LogP contribution >= 0.6 is 0 Å². The summed E-state index contributed by atoms with van der Waals surface area (Å²) in [6.45, 7) is 4.15. The summed E-state index contributed by atoms with van der Waals surface area (Å²) in [4.78, 5) is 4.37. The van der Waals surface area contributed by atoms with E-state index in [-0.39, 0.29) is 0 Å². The molecule has 2 aliphatic heterocycles. The lowest BCUT2D eigenvalue weighted by atomic mass is 10.1. The number of rotatable bonds is 2. The van der Waals surface area contributed by atoms with Crippen molar-refractivity contribution >= 4 is 5.84 Å². The van der Waals surface area contributed by atoms with Crippen LogP contribution in [-0.4, -0.2) is 30.8 Å². The molecule has 5 heteroatoms. The van der Waals surface area contributed by atoms with Gasteiger partial charge >= 0.3 is 0 Å². The van der Waals surface area contributed by atoms with Gasteiger partial charge in [0.25, 0.3) is 0 Å². The molecule has 15 heavy (non-hydrogen) atoms. The topological polar surface area (TPSA) is 74.5 Å². The van der Waals surface area contributed by atoms with Crippen molar-refractivity contribution in [3.63, 3.8) is 0 Å². The van der Waals surface area contributed by atoms with E-state index in [4.69, 9.17) is 5.73 Å². The predicted octanol–water partition coefficient (Wildman–Crippen LogP) is -0.524. The second-order valence-electron chi connectivity index (χ2n) is 4.26. The highest BCUT2D eigenvalue weighted by Crippen LogP contribution is 2.11. The van der Waals surface area contributed by atoms with Gasteiger partial charge in [-0.15, -0.1) is 0 Å². The van der Waals surface area contributed by atoms with Crippen molar-refractivity contribution in [3.8, 4) is 0 Å². The minimum atomic E-state index is -0.444. The number of amidine groups is 1. The second-order valence-corrected chi connectivity index (χ2v) is 4.26. The van der Waals surface area contributed by atoms with E-state index in [2.05, 4.69) is 20.9 Å². The van der Waals surface area contributed by atoms with Crippen molar-refractivity contribution in [2.24, 2.45) is 10.7 Å². The summed E-state index contributed by atoms with van der Waals surface area (Å²) in [5.74, 6) is 0.124. The SMILES string of the molecule is CC1(NC2CCNCC2)N=C(N)C=CN1. The lowest BCUT2D eigenvalue weighted by Gasteiger charge is -2.35. The fraction of sp³-hybridized carbons (Fsp3) is 0.700. The van der Waals surface area contributed by atoms with E-state index in [9.17, 15) is 0 Å². The Balaban J connectivity index is 1.95. The molecule has 0 aromatic heterocycles. The van der Waals surface area contributed by atoms with Crippen molar-refractivity contribution in [3.05, 3.63) is 12.3 Å². The van der Waals surface area contributed by atoms with Crippen LogP contribution in [0.2, 0.25) is 0 Å². The van der Waals surface area contributed by atoms with Crippen LogP contribution in [0.15, 0.2) is 17.3 Å². The highest BCUT2D eigenvalue weighted by Gasteiger charge is 2.27. The lowest BCUT2D eigenvalue weighted by molar-refractivity contribution is 0.252. The summed E-state index contributed by atoms with van der Waals surface area (Å²) in [5, 5.41) is 10.0. The molecule has 0 aromatic rings. The Morgan fingerprint density at radius 3 is 2.93 bits per heavy atom. The highest BCUT2D eigenvalue weighted by molar-refractivity contribution is 5.92. The summed E-state index contributed by atoms with van der Waals surface area (Å²) in [6, 6.07) is 0.506. The molecular weight excluding hydrogens is 190 g/mol. The van der Waals surface area contributed by atoms with Gasteiger partial charge in [0.05, 0.1) is 0 Å². The van der Waals surface area contributed by atoms with E-state index in [0.29, 0.717) is 11.9 Å². The molecule has 1 fully saturated rings. The van der Waals surface area contributed by atoms with E-state index in [0.717, 1.165) is 25.9 Å². The van der Waals surface area contributed by atoms with Crippen LogP contribution in [0.4, 0.5) is 0 Å². The Labute approximate surface area is 90.2 Å². The van der Waals surface area contributed by atoms with Crippen LogP contribution < -0.4 is 21.7 Å². The molecule has 5 N–H and O–H groups in total. The van der Waals surface area contributed by atoms with Gasteiger partial charge < -0.3 is 16.4 Å². The molecule has 2 heterocycles. The third kappa shape index (κ3) is 2.70. The fourth-order valence-electron chi connectivity index (χ4n) is 2.05. The highest BCUT2D eigenvalue weighted by atomic mass is 15.3. The molecule has 0 aliphatic carbocycles. The maximum atomic E-state index is 5.69. The standard InChI is InChI=1S/C10H19N5/c1-10(13-7-4-9(11)15-10)14-8-2-5-12-6-3-8/h4,7-8,12-14H,2-3,5-6H2,1H3,(H2,11,15). The van der Waals surface area contributed by atoms with Gasteiger partial charge in [0.2, 0.25) is 0 Å². The first kappa shape index (κ1) is 10.4. The van der Waals surface area contributed by atoms with Crippen LogP contribution in [0.1, 0.15) is 19.8 Å². The Kier molecular flexibility index (Phi) is 2.93. The van der Waals surface area contributed by atoms with E-state index in [1.54, 1.807) is 6.08 Å². The molecule has 5 nitrogen and oxygen atoms in total. The lowest BCUT2D eigenvalue weighted by Crippen LogP contribution is -2.58. The summed E-state index contributed by atoms with van der Waals surface area (Å²) >= 11 is 0. The first-order valence-corrected chi connectivity index (χ1v) is 5.46. The number of hydrogen-bond donors (Lipinski definition) is 4. The zero-order valence-corrected chi connectivity index (χ0v) is 9.09. The quantitative estimate of drug-likeness (QED) is 0.493. The molecule has 1 saturated heterocycles. The first-order valence-electron chi connectivity index (χ1n) is 5.46. The minimum Gasteiger partial charge on any atom is -0.384 e. The van der Waals surface area contributed by atoms with Crippen LogP contribution in [0, 0.1) is 0 Å². The average Bonchev–Trinajstić information content (AvgIpc) is 2.18. The molecule has 0 saturated carbocycles. The van der Waals surface area contributed by atoms with E-state index in [1.165, 1.54) is 0 Å². The zero-order valence-electron chi connectivity index (χ0n) is 9.09. The van der Waals surface area contributed by atoms with Crippen LogP contribution in [0.25, 0.3) is 0 Å². The number of nitrogens with two attached hydrogens (primary N) is 1. The largest absolute Gasteiger partial charge is 0.384 e. The molecule has 0 bridgehead atoms. The molecule has 2 rings (SSSR count). The van der Waals surface area contributed by atoms with Crippen molar-refractivity contribution < 1.29 is 0 Å². The molecule has 0 spiro atoms. The molecule has 2 aliphatic rings. The number of nitrogens with zero attached hydrogens (tertiary/aromatic N) is 1. The third-order valence-corrected chi connectivity index (χ3v) is 2.80. The summed E-state index contributed by atoms with van der Waals surface area (Å²) in [6.07, 6.45) is 5.88. The van der Waals surface area contributed by atoms with Gasteiger partial charge in [-0.25, -0.2) is 4.99 Å². The van der Waals surface area contributed by atoms with E-state index in [1.807, 2.05) is 13.1 Å². The normalized spacial score (nSPS) is 32.2. The van der Waals surface area contributed by atoms with Crippen molar-refractivity contribution in [1.29, 1.82) is 0 Å². The van der Waals surface area contributed by atoms with Gasteiger partial charge in [-0.2, -0.15) is 0 Å². The second kappa shape index (κ2) is 4.20. The summed E-state index contributed by atoms with van der Waals surface area (Å²) in [5.41, 5.74) is 5.69. The molecule has 0 aromatic carbocycles. The smallest absolute Gasteiger partial charge is 0.183 e. The van der Waals surface area contributed by atoms with Crippen molar-refractivity contribution in [2.75, 3.05) is 13.1 Å². The Morgan fingerprint density at radius 1 is 1.53 bits per heavy atom. The molecular formula is C10H19N5. The first-order chi connectivity index (χ1) is 7.18. The van der Waals surface area contributed by atoms with Gasteiger partial charge in [-0.3, -0.25) is 5.32 Å². The Morgan fingerprint density at radius 2 is 2.27 bits per heavy atom. The van der Waals surface area contributed by atoms with Crippen molar-refractivity contribution in [2.45, 2.75) is 31.6 Å². The van der Waals surface area contributed by atoms with E-state index < -0.39 is 5.79 Å². The summed E-state index contributed by atoms with van der Waals surface area (Å²) < 4.78 is 0. The molecule has 0 amide bonds. The number of hydrogen-bond acceptors (Lipinski definition) is 5. The van der Waals surface area contributed by atoms with Gasteiger partial charge in [-0.1, -0.05) is 0 Å². The maximum absolute atomic E-state index is 5.69. The Bertz CT molecular complexity index is 280. The third-order valence-electron chi connectivity index (χ3n) is 2.80. The molecule has 84 valence electrons. The number of aliphatic imine (C=N–C) groups is 1. The van der Waals surface area contributed by atoms with Crippen LogP contribution in [-0.2, 0) is 0 Å². The number of nitrogens with one attached hydrogen (secondary N) is 3. The van der Waals surface area contributed by atoms with E-state index >= 15 is 0 Å². The average molecular weight is 209 g/mol. The zero-order chi connectivity index (χ0) is 10.7. The monoisotopic (exact) mass is 209 g/mol. The van der Waals surface area contributed by atoms with Gasteiger partial charge in [-0.05, 0) is 38.9 Å². The fourth-order valence-corrected chi connectivity index (χ4v) is 2.05. The summed E-state index contributed by atoms with van der Waals surface area (Å²) in [7, 11) is 0. The minimum absolute atomic E-state index is 0.444. The predicted molar refractivity (Wildman–Crippen MR) is 61.3 cm³/mol. The molecule has 1 unspecified atom stereocenters. The molecule has 1 atom stereocenters. The van der Waals surface area contributed by atoms with Crippen molar-refractivity contribution in [1.82, 2.24) is 16.0 Å². The van der Waals surface area contributed by atoms with Gasteiger partial charge in [0.15, 0.2) is 5.79 Å². The maximum Gasteiger partial charge on any atom is 0.183 e. The van der Waals surface area contributed by atoms with Crippen LogP contribution in [0.3, 0.4) is 0 Å². The van der Waals surface area contributed by atoms with Gasteiger partial charge in [0, 0.05) is 12.2 Å². The van der Waals surface area contributed by atoms with Crippen LogP contribution in [0.5, 0.6) is 0 Å².